The monoisotopic (exact) mass is 248 g/mol. The van der Waals surface area contributed by atoms with Crippen LogP contribution in [0.1, 0.15) is 5.69 Å². The summed E-state index contributed by atoms with van der Waals surface area (Å²) in [5.41, 5.74) is 0.619. The number of pyridine rings is 1. The molecule has 0 spiro atoms. The maximum absolute atomic E-state index is 12.7. The molecule has 6 heteroatoms. The number of likely N-dealkylation sites (N-methyl/N-ethyl adjacent to an activating group) is 1. The van der Waals surface area contributed by atoms with Gasteiger partial charge in [-0.05, 0) is 27.1 Å². The van der Waals surface area contributed by atoms with E-state index >= 15 is 0 Å². The van der Waals surface area contributed by atoms with Crippen LogP contribution in [0.2, 0.25) is 0 Å². The largest absolute Gasteiger partial charge is 0.463 e. The third kappa shape index (κ3) is 4.60. The predicted octanol–water partition coefficient (Wildman–Crippen LogP) is 2.26. The highest BCUT2D eigenvalue weighted by atomic mass is 19.4. The Morgan fingerprint density at radius 3 is 2.47 bits per heavy atom. The number of aryl methyl sites for hydroxylation is 1. The van der Waals surface area contributed by atoms with Crippen LogP contribution in [0.15, 0.2) is 18.2 Å². The van der Waals surface area contributed by atoms with Crippen molar-refractivity contribution in [2.45, 2.75) is 19.2 Å². The zero-order chi connectivity index (χ0) is 13.1. The third-order valence-electron chi connectivity index (χ3n) is 2.02. The molecule has 0 unspecified atom stereocenters. The summed E-state index contributed by atoms with van der Waals surface area (Å²) >= 11 is 0. The second-order valence-electron chi connectivity index (χ2n) is 4.03. The van der Waals surface area contributed by atoms with E-state index in [1.165, 1.54) is 11.0 Å². The van der Waals surface area contributed by atoms with Crippen LogP contribution < -0.4 is 4.74 Å². The second-order valence-corrected chi connectivity index (χ2v) is 4.03. The summed E-state index contributed by atoms with van der Waals surface area (Å²) in [5, 5.41) is 0. The lowest BCUT2D eigenvalue weighted by Gasteiger charge is -2.24. The number of nitrogens with zero attached hydrogens (tertiary/aromatic N) is 2. The molecule has 1 aromatic heterocycles. The normalized spacial score (nSPS) is 13.8. The van der Waals surface area contributed by atoms with Gasteiger partial charge >= 0.3 is 6.18 Å². The number of hydrogen-bond acceptors (Lipinski definition) is 3. The standard InChI is InChI=1S/C11H15F3N2O/c1-8-5-4-6-10(15-8)17-9(7-16(2)3)11(12,13)14/h4-6,9H,7H2,1-3H3/t9-/m1/s1. The summed E-state index contributed by atoms with van der Waals surface area (Å²) in [5.74, 6) is -0.00539. The van der Waals surface area contributed by atoms with Gasteiger partial charge < -0.3 is 9.64 Å². The minimum absolute atomic E-state index is 0.00539. The first-order valence-corrected chi connectivity index (χ1v) is 5.11. The fraction of sp³-hybridized carbons (Fsp3) is 0.545. The first-order chi connectivity index (χ1) is 7.79. The van der Waals surface area contributed by atoms with Crippen molar-refractivity contribution in [2.75, 3.05) is 20.6 Å². The number of hydrogen-bond donors (Lipinski definition) is 0. The van der Waals surface area contributed by atoms with Gasteiger partial charge in [0.2, 0.25) is 12.0 Å². The molecule has 0 saturated carbocycles. The molecule has 0 N–H and O–H groups in total. The number of rotatable bonds is 4. The number of alkyl halides is 3. The Morgan fingerprint density at radius 1 is 1.35 bits per heavy atom. The molecule has 1 aromatic rings. The van der Waals surface area contributed by atoms with Crippen molar-refractivity contribution in [2.24, 2.45) is 0 Å². The molecule has 0 aliphatic heterocycles. The quantitative estimate of drug-likeness (QED) is 0.817. The summed E-state index contributed by atoms with van der Waals surface area (Å²) in [4.78, 5) is 5.32. The molecular formula is C11H15F3N2O. The highest BCUT2D eigenvalue weighted by Crippen LogP contribution is 2.24. The van der Waals surface area contributed by atoms with Crippen LogP contribution in [0.5, 0.6) is 5.88 Å². The van der Waals surface area contributed by atoms with Crippen LogP contribution >= 0.6 is 0 Å². The smallest absolute Gasteiger partial charge is 0.426 e. The Labute approximate surface area is 98.2 Å². The summed E-state index contributed by atoms with van der Waals surface area (Å²) in [6.07, 6.45) is -6.28. The molecule has 3 nitrogen and oxygen atoms in total. The van der Waals surface area contributed by atoms with Crippen molar-refractivity contribution in [1.82, 2.24) is 9.88 Å². The molecule has 1 atom stereocenters. The molecule has 0 amide bonds. The highest BCUT2D eigenvalue weighted by molar-refractivity contribution is 5.15. The van der Waals surface area contributed by atoms with Gasteiger partial charge in [0, 0.05) is 18.3 Å². The zero-order valence-corrected chi connectivity index (χ0v) is 9.95. The maximum Gasteiger partial charge on any atom is 0.426 e. The van der Waals surface area contributed by atoms with Crippen molar-refractivity contribution in [3.05, 3.63) is 23.9 Å². The molecule has 0 aromatic carbocycles. The molecule has 17 heavy (non-hydrogen) atoms. The van der Waals surface area contributed by atoms with Crippen LogP contribution in [0.3, 0.4) is 0 Å². The molecule has 0 aliphatic rings. The maximum atomic E-state index is 12.7. The van der Waals surface area contributed by atoms with Crippen LogP contribution in [0, 0.1) is 6.92 Å². The van der Waals surface area contributed by atoms with E-state index < -0.39 is 12.3 Å². The Balaban J connectivity index is 2.79. The summed E-state index contributed by atoms with van der Waals surface area (Å²) in [6.45, 7) is 1.46. The van der Waals surface area contributed by atoms with Crippen molar-refractivity contribution in [3.8, 4) is 5.88 Å². The van der Waals surface area contributed by atoms with E-state index in [1.54, 1.807) is 33.2 Å². The van der Waals surface area contributed by atoms with E-state index in [4.69, 9.17) is 4.74 Å². The van der Waals surface area contributed by atoms with Crippen molar-refractivity contribution >= 4 is 0 Å². The molecule has 1 rings (SSSR count). The van der Waals surface area contributed by atoms with E-state index in [1.807, 2.05) is 0 Å². The van der Waals surface area contributed by atoms with Gasteiger partial charge in [-0.1, -0.05) is 6.07 Å². The fourth-order valence-corrected chi connectivity index (χ4v) is 1.27. The second kappa shape index (κ2) is 5.35. The van der Waals surface area contributed by atoms with Gasteiger partial charge in [0.15, 0.2) is 0 Å². The van der Waals surface area contributed by atoms with Crippen molar-refractivity contribution in [1.29, 1.82) is 0 Å². The Morgan fingerprint density at radius 2 is 2.00 bits per heavy atom. The third-order valence-corrected chi connectivity index (χ3v) is 2.02. The van der Waals surface area contributed by atoms with Gasteiger partial charge in [-0.2, -0.15) is 13.2 Å². The van der Waals surface area contributed by atoms with Gasteiger partial charge in [-0.3, -0.25) is 0 Å². The fourth-order valence-electron chi connectivity index (χ4n) is 1.27. The van der Waals surface area contributed by atoms with Gasteiger partial charge in [0.25, 0.3) is 0 Å². The molecule has 0 radical (unpaired) electrons. The first kappa shape index (κ1) is 13.8. The molecular weight excluding hydrogens is 233 g/mol. The molecule has 96 valence electrons. The molecule has 1 heterocycles. The Hall–Kier alpha value is -1.30. The van der Waals surface area contributed by atoms with E-state index in [0.717, 1.165) is 0 Å². The van der Waals surface area contributed by atoms with Crippen LogP contribution in [-0.2, 0) is 0 Å². The van der Waals surface area contributed by atoms with Gasteiger partial charge in [0.05, 0.1) is 0 Å². The predicted molar refractivity (Wildman–Crippen MR) is 58.0 cm³/mol. The van der Waals surface area contributed by atoms with Gasteiger partial charge in [0.1, 0.15) is 0 Å². The Kier molecular flexibility index (Phi) is 4.34. The lowest BCUT2D eigenvalue weighted by Crippen LogP contribution is -2.42. The SMILES string of the molecule is Cc1cccc(O[C@H](CN(C)C)C(F)(F)F)n1. The van der Waals surface area contributed by atoms with Crippen molar-refractivity contribution in [3.63, 3.8) is 0 Å². The van der Waals surface area contributed by atoms with Crippen molar-refractivity contribution < 1.29 is 17.9 Å². The van der Waals surface area contributed by atoms with E-state index in [9.17, 15) is 13.2 Å². The van der Waals surface area contributed by atoms with Crippen LogP contribution in [-0.4, -0.2) is 42.8 Å². The summed E-state index contributed by atoms with van der Waals surface area (Å²) in [7, 11) is 3.12. The lowest BCUT2D eigenvalue weighted by atomic mass is 10.3. The van der Waals surface area contributed by atoms with Gasteiger partial charge in [-0.25, -0.2) is 4.98 Å². The molecule has 0 bridgehead atoms. The minimum Gasteiger partial charge on any atom is -0.463 e. The highest BCUT2D eigenvalue weighted by Gasteiger charge is 2.42. The first-order valence-electron chi connectivity index (χ1n) is 5.11. The summed E-state index contributed by atoms with van der Waals surface area (Å²) < 4.78 is 43.0. The lowest BCUT2D eigenvalue weighted by molar-refractivity contribution is -0.198. The van der Waals surface area contributed by atoms with E-state index in [0.29, 0.717) is 5.69 Å². The average molecular weight is 248 g/mol. The molecule has 0 aliphatic carbocycles. The molecule has 0 saturated heterocycles. The number of aromatic nitrogens is 1. The minimum atomic E-state index is -4.41. The topological polar surface area (TPSA) is 25.4 Å². The number of halogens is 3. The van der Waals surface area contributed by atoms with E-state index in [-0.39, 0.29) is 12.4 Å². The van der Waals surface area contributed by atoms with Crippen LogP contribution in [0.25, 0.3) is 0 Å². The Bertz CT molecular complexity index is 366. The molecule has 0 fully saturated rings. The number of ether oxygens (including phenoxy) is 1. The average Bonchev–Trinajstić information content (AvgIpc) is 2.14. The van der Waals surface area contributed by atoms with E-state index in [2.05, 4.69) is 4.98 Å². The van der Waals surface area contributed by atoms with Crippen LogP contribution in [0.4, 0.5) is 13.2 Å². The zero-order valence-electron chi connectivity index (χ0n) is 9.95. The van der Waals surface area contributed by atoms with Gasteiger partial charge in [-0.15, -0.1) is 0 Å². The summed E-state index contributed by atoms with van der Waals surface area (Å²) in [6, 6.07) is 4.73.